The maximum Gasteiger partial charge on any atom is 0.407 e. The van der Waals surface area contributed by atoms with Gasteiger partial charge in [-0.25, -0.2) is 24.5 Å². The van der Waals surface area contributed by atoms with E-state index in [0.717, 1.165) is 93.9 Å². The van der Waals surface area contributed by atoms with Crippen LogP contribution in [0.1, 0.15) is 79.9 Å². The number of pyridine rings is 1. The summed E-state index contributed by atoms with van der Waals surface area (Å²) in [7, 11) is 0. The van der Waals surface area contributed by atoms with E-state index in [0.29, 0.717) is 30.1 Å². The van der Waals surface area contributed by atoms with Crippen LogP contribution in [0.5, 0.6) is 0 Å². The van der Waals surface area contributed by atoms with E-state index < -0.39 is 18.1 Å². The van der Waals surface area contributed by atoms with Crippen LogP contribution in [0.25, 0.3) is 0 Å². The number of aromatic nitrogens is 3. The van der Waals surface area contributed by atoms with E-state index in [9.17, 15) is 14.7 Å². The lowest BCUT2D eigenvalue weighted by molar-refractivity contribution is -0.139. The second-order valence-corrected chi connectivity index (χ2v) is 11.6. The molecule has 1 saturated heterocycles. The van der Waals surface area contributed by atoms with Crippen LogP contribution in [0, 0.1) is 19.8 Å². The lowest BCUT2D eigenvalue weighted by Crippen LogP contribution is -2.46. The minimum Gasteiger partial charge on any atom is -0.480 e. The molecule has 2 aromatic rings. The van der Waals surface area contributed by atoms with Gasteiger partial charge in [-0.2, -0.15) is 0 Å². The number of carboxylic acids is 1. The van der Waals surface area contributed by atoms with Crippen molar-refractivity contribution in [2.75, 3.05) is 48.3 Å². The highest BCUT2D eigenvalue weighted by molar-refractivity contribution is 5.80. The predicted octanol–water partition coefficient (Wildman–Crippen LogP) is 4.40. The van der Waals surface area contributed by atoms with Crippen molar-refractivity contribution < 1.29 is 19.4 Å². The smallest absolute Gasteiger partial charge is 0.407 e. The van der Waals surface area contributed by atoms with Gasteiger partial charge in [-0.3, -0.25) is 0 Å². The number of hydrogen-bond donors (Lipinski definition) is 4. The van der Waals surface area contributed by atoms with Crippen LogP contribution < -0.4 is 20.9 Å². The van der Waals surface area contributed by atoms with Gasteiger partial charge in [0.15, 0.2) is 0 Å². The molecule has 2 aromatic heterocycles. The number of carbonyl (C=O) groups is 2. The molecule has 11 nitrogen and oxygen atoms in total. The van der Waals surface area contributed by atoms with Gasteiger partial charge in [-0.05, 0) is 69.9 Å². The number of fused-ring (bicyclic) bond motifs is 1. The first-order valence-electron chi connectivity index (χ1n) is 15.1. The number of nitrogens with one attached hydrogen (secondary N) is 3. The predicted molar refractivity (Wildman–Crippen MR) is 158 cm³/mol. The maximum absolute atomic E-state index is 12.3. The van der Waals surface area contributed by atoms with Crippen molar-refractivity contribution in [3.63, 3.8) is 0 Å². The molecule has 0 spiro atoms. The van der Waals surface area contributed by atoms with E-state index in [-0.39, 0.29) is 6.54 Å². The molecule has 2 fully saturated rings. The fourth-order valence-electron chi connectivity index (χ4n) is 6.18. The molecule has 222 valence electrons. The second kappa shape index (κ2) is 13.4. The fourth-order valence-corrected chi connectivity index (χ4v) is 6.18. The molecule has 5 rings (SSSR count). The van der Waals surface area contributed by atoms with E-state index in [4.69, 9.17) is 14.7 Å². The Morgan fingerprint density at radius 2 is 1.85 bits per heavy atom. The van der Waals surface area contributed by atoms with Gasteiger partial charge in [0.25, 0.3) is 0 Å². The van der Waals surface area contributed by atoms with Crippen LogP contribution in [0.4, 0.5) is 22.2 Å². The van der Waals surface area contributed by atoms with Crippen LogP contribution >= 0.6 is 0 Å². The Kier molecular flexibility index (Phi) is 9.41. The Morgan fingerprint density at radius 1 is 1.07 bits per heavy atom. The number of aliphatic carboxylic acids is 1. The summed E-state index contributed by atoms with van der Waals surface area (Å²) in [5.41, 5.74) is 3.32. The number of carbonyl (C=O) groups excluding carboxylic acids is 1. The molecule has 0 bridgehead atoms. The number of anilines is 3. The Morgan fingerprint density at radius 3 is 2.61 bits per heavy atom. The zero-order valence-corrected chi connectivity index (χ0v) is 24.2. The van der Waals surface area contributed by atoms with Gasteiger partial charge in [0, 0.05) is 43.4 Å². The zero-order valence-electron chi connectivity index (χ0n) is 24.2. The van der Waals surface area contributed by atoms with Crippen molar-refractivity contribution in [2.45, 2.75) is 83.6 Å². The standard InChI is InChI=1S/C30H43N7O4/c1-19-26(32-17-25(29(38)39)36-30(40)41-18-21-7-4-3-5-8-21)33-20(2)34-28(19)37-15-12-22(13-16-37)24-11-10-23-9-6-14-31-27(23)35-24/h10-11,21-22,25H,3-9,12-18H2,1-2H3,(H,31,35)(H,36,40)(H,38,39)(H,32,33,34)/t25-/m0/s1. The van der Waals surface area contributed by atoms with Crippen molar-refractivity contribution in [1.82, 2.24) is 20.3 Å². The van der Waals surface area contributed by atoms with E-state index in [1.165, 1.54) is 12.0 Å². The minimum atomic E-state index is -1.15. The highest BCUT2D eigenvalue weighted by Gasteiger charge is 2.27. The zero-order chi connectivity index (χ0) is 28.8. The van der Waals surface area contributed by atoms with Crippen molar-refractivity contribution in [1.29, 1.82) is 0 Å². The number of piperidine rings is 1. The average molecular weight is 566 g/mol. The molecule has 2 aliphatic heterocycles. The second-order valence-electron chi connectivity index (χ2n) is 11.6. The van der Waals surface area contributed by atoms with E-state index in [1.807, 2.05) is 13.8 Å². The van der Waals surface area contributed by atoms with Gasteiger partial charge in [0.2, 0.25) is 0 Å². The van der Waals surface area contributed by atoms with E-state index in [1.54, 1.807) is 0 Å². The molecule has 0 aromatic carbocycles. The molecule has 1 atom stereocenters. The summed E-state index contributed by atoms with van der Waals surface area (Å²) in [4.78, 5) is 40.7. The summed E-state index contributed by atoms with van der Waals surface area (Å²) in [6.45, 7) is 6.76. The quantitative estimate of drug-likeness (QED) is 0.346. The topological polar surface area (TPSA) is 142 Å². The third kappa shape index (κ3) is 7.37. The Balaban J connectivity index is 1.17. The fraction of sp³-hybridized carbons (Fsp3) is 0.633. The van der Waals surface area contributed by atoms with E-state index >= 15 is 0 Å². The first-order valence-corrected chi connectivity index (χ1v) is 15.1. The number of hydrogen-bond acceptors (Lipinski definition) is 9. The number of ether oxygens (including phenoxy) is 1. The number of nitrogens with zero attached hydrogens (tertiary/aromatic N) is 4. The largest absolute Gasteiger partial charge is 0.480 e. The number of rotatable bonds is 9. The Labute approximate surface area is 241 Å². The van der Waals surface area contributed by atoms with Gasteiger partial charge >= 0.3 is 12.1 Å². The molecule has 0 unspecified atom stereocenters. The lowest BCUT2D eigenvalue weighted by atomic mass is 9.90. The summed E-state index contributed by atoms with van der Waals surface area (Å²) < 4.78 is 5.34. The molecule has 4 heterocycles. The van der Waals surface area contributed by atoms with Crippen LogP contribution in [-0.4, -0.2) is 70.9 Å². The Bertz CT molecular complexity index is 1230. The molecule has 1 saturated carbocycles. The van der Waals surface area contributed by atoms with E-state index in [2.05, 4.69) is 38.0 Å². The number of carboxylic acid groups (broad SMARTS) is 1. The normalized spacial score (nSPS) is 18.6. The van der Waals surface area contributed by atoms with Crippen molar-refractivity contribution >= 4 is 29.5 Å². The third-order valence-corrected chi connectivity index (χ3v) is 8.60. The molecule has 4 N–H and O–H groups in total. The summed E-state index contributed by atoms with van der Waals surface area (Å²) in [6.07, 6.45) is 9.12. The minimum absolute atomic E-state index is 0.0231. The van der Waals surface area contributed by atoms with Crippen molar-refractivity contribution in [3.05, 3.63) is 34.8 Å². The SMILES string of the molecule is Cc1nc(NC[C@H](NC(=O)OCC2CCCCC2)C(=O)O)c(C)c(N2CCC(c3ccc4c(n3)NCCC4)CC2)n1. The molecule has 1 aliphatic carbocycles. The monoisotopic (exact) mass is 565 g/mol. The first kappa shape index (κ1) is 28.9. The molecule has 3 aliphatic rings. The van der Waals surface area contributed by atoms with Gasteiger partial charge in [0.05, 0.1) is 6.61 Å². The van der Waals surface area contributed by atoms with Gasteiger partial charge in [-0.1, -0.05) is 25.3 Å². The highest BCUT2D eigenvalue weighted by atomic mass is 16.5. The number of alkyl carbamates (subject to hydrolysis) is 1. The number of aryl methyl sites for hydroxylation is 2. The summed E-state index contributed by atoms with van der Waals surface area (Å²) in [5, 5.41) is 18.8. The lowest BCUT2D eigenvalue weighted by Gasteiger charge is -2.34. The average Bonchev–Trinajstić information content (AvgIpc) is 2.99. The molecule has 1 amide bonds. The maximum atomic E-state index is 12.3. The van der Waals surface area contributed by atoms with Gasteiger partial charge < -0.3 is 30.7 Å². The molecular formula is C30H43N7O4. The van der Waals surface area contributed by atoms with Crippen molar-refractivity contribution in [3.8, 4) is 0 Å². The Hall–Kier alpha value is -3.63. The molecule has 0 radical (unpaired) electrons. The number of amides is 1. The molecule has 41 heavy (non-hydrogen) atoms. The van der Waals surface area contributed by atoms with Crippen LogP contribution in [0.15, 0.2) is 12.1 Å². The molecule has 11 heteroatoms. The third-order valence-electron chi connectivity index (χ3n) is 8.60. The summed E-state index contributed by atoms with van der Waals surface area (Å²) >= 11 is 0. The summed E-state index contributed by atoms with van der Waals surface area (Å²) in [5.74, 6) is 2.69. The van der Waals surface area contributed by atoms with Crippen LogP contribution in [0.2, 0.25) is 0 Å². The summed E-state index contributed by atoms with van der Waals surface area (Å²) in [6, 6.07) is 3.26. The highest BCUT2D eigenvalue weighted by Crippen LogP contribution is 2.33. The van der Waals surface area contributed by atoms with Gasteiger partial charge in [-0.15, -0.1) is 0 Å². The first-order chi connectivity index (χ1) is 19.9. The van der Waals surface area contributed by atoms with Crippen LogP contribution in [0.3, 0.4) is 0 Å². The van der Waals surface area contributed by atoms with Crippen LogP contribution in [-0.2, 0) is 16.0 Å². The molecular weight excluding hydrogens is 522 g/mol. The van der Waals surface area contributed by atoms with Gasteiger partial charge in [0.1, 0.15) is 29.3 Å². The van der Waals surface area contributed by atoms with Crippen molar-refractivity contribution in [2.24, 2.45) is 5.92 Å².